The predicted octanol–water partition coefficient (Wildman–Crippen LogP) is 14.1. The van der Waals surface area contributed by atoms with Crippen LogP contribution in [0.25, 0.3) is 90.2 Å². The van der Waals surface area contributed by atoms with Crippen LogP contribution in [0.5, 0.6) is 5.75 Å². The molecule has 62 heavy (non-hydrogen) atoms. The Kier molecular flexibility index (Phi) is 8.56. The Balaban J connectivity index is 0.960. The number of ether oxygens (including phenoxy) is 1. The number of nitrogens with zero attached hydrogens (tertiary/aromatic N) is 4. The number of fused-ring (bicyclic) bond motifs is 7. The summed E-state index contributed by atoms with van der Waals surface area (Å²) >= 11 is 0. The molecule has 0 fully saturated rings. The Hall–Kier alpha value is -8.15. The van der Waals surface area contributed by atoms with Crippen molar-refractivity contribution >= 4 is 17.0 Å². The molecule has 0 spiro atoms. The summed E-state index contributed by atoms with van der Waals surface area (Å²) < 4.78 is 9.41. The number of aromatic nitrogens is 4. The SMILES string of the molecule is C1=CC2c3c(cccc3-c3nc(-c4ccc(-c5ccccc5)cc4)nc(-c4ccc(-c5ccccc5)cc4)n3)OC2c2c1n(-c1ccc(-c3ccccc3)cc1)c1ccccc21. The zero-order valence-electron chi connectivity index (χ0n) is 33.6. The maximum absolute atomic E-state index is 7.04. The van der Waals surface area contributed by atoms with Gasteiger partial charge in [-0.05, 0) is 63.7 Å². The molecule has 5 heteroatoms. The molecule has 292 valence electrons. The lowest BCUT2D eigenvalue weighted by Crippen LogP contribution is -2.14. The van der Waals surface area contributed by atoms with E-state index in [2.05, 4.69) is 211 Å². The summed E-state index contributed by atoms with van der Waals surface area (Å²) in [5, 5.41) is 1.19. The van der Waals surface area contributed by atoms with Crippen LogP contribution in [0.1, 0.15) is 28.8 Å². The molecule has 2 unspecified atom stereocenters. The Morgan fingerprint density at radius 1 is 0.387 bits per heavy atom. The van der Waals surface area contributed by atoms with Crippen LogP contribution in [0.2, 0.25) is 0 Å². The molecular weight excluding hydrogens is 757 g/mol. The lowest BCUT2D eigenvalue weighted by atomic mass is 9.83. The van der Waals surface area contributed by atoms with Gasteiger partial charge in [0.2, 0.25) is 0 Å². The lowest BCUT2D eigenvalue weighted by molar-refractivity contribution is 0.224. The van der Waals surface area contributed by atoms with Gasteiger partial charge in [0.25, 0.3) is 0 Å². The number of para-hydroxylation sites is 1. The molecular formula is C57H38N4O. The number of rotatable bonds is 7. The normalized spacial score (nSPS) is 14.8. The van der Waals surface area contributed by atoms with Crippen molar-refractivity contribution in [3.8, 4) is 79.0 Å². The highest BCUT2D eigenvalue weighted by Crippen LogP contribution is 2.55. The van der Waals surface area contributed by atoms with Gasteiger partial charge in [-0.1, -0.05) is 188 Å². The highest BCUT2D eigenvalue weighted by atomic mass is 16.5. The van der Waals surface area contributed by atoms with E-state index >= 15 is 0 Å². The summed E-state index contributed by atoms with van der Waals surface area (Å²) in [5.41, 5.74) is 15.5. The van der Waals surface area contributed by atoms with Gasteiger partial charge in [-0.25, -0.2) is 15.0 Å². The molecule has 5 nitrogen and oxygen atoms in total. The van der Waals surface area contributed by atoms with Crippen molar-refractivity contribution in [3.63, 3.8) is 0 Å². The van der Waals surface area contributed by atoms with Gasteiger partial charge in [-0.2, -0.15) is 0 Å². The van der Waals surface area contributed by atoms with Gasteiger partial charge in [0.1, 0.15) is 11.9 Å². The second-order valence-corrected chi connectivity index (χ2v) is 15.9. The van der Waals surface area contributed by atoms with Crippen LogP contribution in [-0.4, -0.2) is 19.5 Å². The first-order chi connectivity index (χ1) is 30.7. The van der Waals surface area contributed by atoms with Crippen LogP contribution in [-0.2, 0) is 0 Å². The van der Waals surface area contributed by atoms with E-state index in [4.69, 9.17) is 19.7 Å². The van der Waals surface area contributed by atoms with Crippen LogP contribution in [0, 0.1) is 0 Å². The van der Waals surface area contributed by atoms with E-state index in [9.17, 15) is 0 Å². The summed E-state index contributed by atoms with van der Waals surface area (Å²) in [7, 11) is 0. The van der Waals surface area contributed by atoms with Gasteiger partial charge >= 0.3 is 0 Å². The fourth-order valence-electron chi connectivity index (χ4n) is 9.28. The molecule has 0 radical (unpaired) electrons. The van der Waals surface area contributed by atoms with Gasteiger partial charge in [-0.3, -0.25) is 0 Å². The molecule has 2 atom stereocenters. The minimum Gasteiger partial charge on any atom is -0.484 e. The zero-order valence-corrected chi connectivity index (χ0v) is 33.6. The number of hydrogen-bond acceptors (Lipinski definition) is 4. The summed E-state index contributed by atoms with van der Waals surface area (Å²) in [5.74, 6) is 2.65. The van der Waals surface area contributed by atoms with Gasteiger partial charge in [0.05, 0.1) is 11.2 Å². The molecule has 0 bridgehead atoms. The second kappa shape index (κ2) is 14.8. The molecule has 0 N–H and O–H groups in total. The summed E-state index contributed by atoms with van der Waals surface area (Å²) in [6.45, 7) is 0. The Bertz CT molecular complexity index is 3180. The topological polar surface area (TPSA) is 52.8 Å². The highest BCUT2D eigenvalue weighted by Gasteiger charge is 2.42. The van der Waals surface area contributed by atoms with E-state index in [-0.39, 0.29) is 12.0 Å². The van der Waals surface area contributed by atoms with Gasteiger partial charge < -0.3 is 9.30 Å². The minimum absolute atomic E-state index is 0.0487. The Labute approximate surface area is 360 Å². The monoisotopic (exact) mass is 794 g/mol. The molecule has 3 heterocycles. The van der Waals surface area contributed by atoms with Crippen molar-refractivity contribution in [2.45, 2.75) is 12.0 Å². The minimum atomic E-state index is -0.224. The smallest absolute Gasteiger partial charge is 0.164 e. The van der Waals surface area contributed by atoms with E-state index in [0.717, 1.165) is 67.2 Å². The Morgan fingerprint density at radius 2 is 0.855 bits per heavy atom. The second-order valence-electron chi connectivity index (χ2n) is 15.9. The van der Waals surface area contributed by atoms with Crippen molar-refractivity contribution in [2.75, 3.05) is 0 Å². The molecule has 2 aliphatic rings. The third-order valence-corrected chi connectivity index (χ3v) is 12.3. The summed E-state index contributed by atoms with van der Waals surface area (Å²) in [6.07, 6.45) is 4.37. The third kappa shape index (κ3) is 6.13. The van der Waals surface area contributed by atoms with E-state index < -0.39 is 0 Å². The predicted molar refractivity (Wildman–Crippen MR) is 251 cm³/mol. The van der Waals surface area contributed by atoms with Crippen molar-refractivity contribution in [1.82, 2.24) is 19.5 Å². The average Bonchev–Trinajstić information content (AvgIpc) is 3.91. The van der Waals surface area contributed by atoms with Crippen molar-refractivity contribution in [1.29, 1.82) is 0 Å². The van der Waals surface area contributed by atoms with Crippen LogP contribution in [0.4, 0.5) is 0 Å². The maximum Gasteiger partial charge on any atom is 0.164 e. The van der Waals surface area contributed by atoms with Crippen LogP contribution < -0.4 is 4.74 Å². The first-order valence-electron chi connectivity index (χ1n) is 21.1. The summed E-state index contributed by atoms with van der Waals surface area (Å²) in [6, 6.07) is 72.2. The fourth-order valence-corrected chi connectivity index (χ4v) is 9.28. The average molecular weight is 795 g/mol. The highest BCUT2D eigenvalue weighted by molar-refractivity contribution is 5.92. The molecule has 0 saturated heterocycles. The molecule has 12 rings (SSSR count). The van der Waals surface area contributed by atoms with Crippen molar-refractivity contribution in [2.24, 2.45) is 0 Å². The molecule has 1 aliphatic carbocycles. The molecule has 8 aromatic carbocycles. The molecule has 2 aromatic heterocycles. The van der Waals surface area contributed by atoms with Gasteiger partial charge in [-0.15, -0.1) is 0 Å². The number of hydrogen-bond donors (Lipinski definition) is 0. The fraction of sp³-hybridized carbons (Fsp3) is 0.0351. The summed E-state index contributed by atoms with van der Waals surface area (Å²) in [4.78, 5) is 15.6. The first-order valence-corrected chi connectivity index (χ1v) is 21.1. The largest absolute Gasteiger partial charge is 0.484 e. The Morgan fingerprint density at radius 3 is 1.42 bits per heavy atom. The van der Waals surface area contributed by atoms with E-state index in [1.807, 2.05) is 12.1 Å². The molecule has 10 aromatic rings. The van der Waals surface area contributed by atoms with Gasteiger partial charge in [0.15, 0.2) is 17.5 Å². The van der Waals surface area contributed by atoms with E-state index in [0.29, 0.717) is 17.5 Å². The van der Waals surface area contributed by atoms with Gasteiger partial charge in [0, 0.05) is 44.8 Å². The molecule has 0 saturated carbocycles. The lowest BCUT2D eigenvalue weighted by Gasteiger charge is -2.23. The van der Waals surface area contributed by atoms with Crippen LogP contribution in [0.3, 0.4) is 0 Å². The van der Waals surface area contributed by atoms with E-state index in [1.165, 1.54) is 22.1 Å². The number of benzene rings is 8. The molecule has 0 amide bonds. The maximum atomic E-state index is 7.04. The standard InChI is InChI=1S/C57H38N4O/c1-4-13-37(14-5-1)40-23-27-43(28-24-40)55-58-56(44-29-25-41(26-30-44)38-15-6-2-7-16-38)60-57(59-55)48-20-12-22-51-52(48)47-35-36-50-53(54(47)62-51)46-19-10-11-21-49(46)61(50)45-33-31-42(32-34-45)39-17-8-3-9-18-39/h1-36,47,54H. The van der Waals surface area contributed by atoms with Crippen LogP contribution >= 0.6 is 0 Å². The first kappa shape index (κ1) is 35.8. The third-order valence-electron chi connectivity index (χ3n) is 12.3. The van der Waals surface area contributed by atoms with Crippen molar-refractivity contribution < 1.29 is 4.74 Å². The van der Waals surface area contributed by atoms with Crippen LogP contribution in [0.15, 0.2) is 212 Å². The zero-order chi connectivity index (χ0) is 41.0. The van der Waals surface area contributed by atoms with Crippen molar-refractivity contribution in [3.05, 3.63) is 229 Å². The quantitative estimate of drug-likeness (QED) is 0.161. The van der Waals surface area contributed by atoms with E-state index in [1.54, 1.807) is 0 Å². The molecule has 1 aliphatic heterocycles.